The van der Waals surface area contributed by atoms with Crippen molar-refractivity contribution in [1.82, 2.24) is 5.43 Å². The minimum absolute atomic E-state index is 0.0853. The number of hydrazone groups is 1. The maximum absolute atomic E-state index is 12.0. The highest BCUT2D eigenvalue weighted by Crippen LogP contribution is 2.21. The van der Waals surface area contributed by atoms with Gasteiger partial charge in [0, 0.05) is 0 Å². The number of hydrogen-bond acceptors (Lipinski definition) is 4. The smallest absolute Gasteiger partial charge is 0.275 e. The Hall–Kier alpha value is -4.12. The summed E-state index contributed by atoms with van der Waals surface area (Å²) in [5, 5.41) is 16.0. The third-order valence-electron chi connectivity index (χ3n) is 4.68. The molecular weight excluding hydrogens is 376 g/mol. The number of para-hydroxylation sites is 1. The van der Waals surface area contributed by atoms with Crippen LogP contribution in [0, 0.1) is 0 Å². The van der Waals surface area contributed by atoms with Crippen molar-refractivity contribution < 1.29 is 14.6 Å². The minimum Gasteiger partial charge on any atom is -0.507 e. The van der Waals surface area contributed by atoms with Gasteiger partial charge in [-0.1, -0.05) is 54.6 Å². The number of ether oxygens (including phenoxy) is 1. The molecule has 0 saturated carbocycles. The molecule has 0 aliphatic carbocycles. The first-order chi connectivity index (χ1) is 14.7. The van der Waals surface area contributed by atoms with E-state index in [-0.39, 0.29) is 11.3 Å². The predicted molar refractivity (Wildman–Crippen MR) is 118 cm³/mol. The van der Waals surface area contributed by atoms with Crippen LogP contribution in [0.2, 0.25) is 0 Å². The molecule has 30 heavy (non-hydrogen) atoms. The van der Waals surface area contributed by atoms with Crippen molar-refractivity contribution in [1.29, 1.82) is 0 Å². The molecule has 4 rings (SSSR count). The third-order valence-corrected chi connectivity index (χ3v) is 4.68. The van der Waals surface area contributed by atoms with Gasteiger partial charge in [0.25, 0.3) is 5.91 Å². The first kappa shape index (κ1) is 19.2. The molecule has 2 N–H and O–H groups in total. The lowest BCUT2D eigenvalue weighted by Gasteiger charge is -2.09. The Kier molecular flexibility index (Phi) is 5.71. The average Bonchev–Trinajstić information content (AvgIpc) is 2.79. The van der Waals surface area contributed by atoms with Crippen LogP contribution in [0.1, 0.15) is 21.5 Å². The Morgan fingerprint density at radius 2 is 1.63 bits per heavy atom. The fraction of sp³-hybridized carbons (Fsp3) is 0.0400. The number of rotatable bonds is 6. The molecule has 0 aliphatic rings. The van der Waals surface area contributed by atoms with E-state index >= 15 is 0 Å². The lowest BCUT2D eigenvalue weighted by Crippen LogP contribution is -2.17. The van der Waals surface area contributed by atoms with Gasteiger partial charge < -0.3 is 9.84 Å². The van der Waals surface area contributed by atoms with Gasteiger partial charge in [0.15, 0.2) is 0 Å². The first-order valence-corrected chi connectivity index (χ1v) is 9.51. The summed E-state index contributed by atoms with van der Waals surface area (Å²) in [6, 6.07) is 28.2. The van der Waals surface area contributed by atoms with E-state index in [4.69, 9.17) is 4.74 Å². The molecule has 0 radical (unpaired) electrons. The van der Waals surface area contributed by atoms with Crippen molar-refractivity contribution in [3.05, 3.63) is 108 Å². The van der Waals surface area contributed by atoms with Crippen LogP contribution in [0.3, 0.4) is 0 Å². The summed E-state index contributed by atoms with van der Waals surface area (Å²) >= 11 is 0. The number of carbonyl (C=O) groups is 1. The fourth-order valence-corrected chi connectivity index (χ4v) is 3.12. The average molecular weight is 396 g/mol. The number of aromatic hydroxyl groups is 1. The van der Waals surface area contributed by atoms with E-state index in [1.54, 1.807) is 12.1 Å². The summed E-state index contributed by atoms with van der Waals surface area (Å²) in [7, 11) is 0. The summed E-state index contributed by atoms with van der Waals surface area (Å²) < 4.78 is 5.93. The third kappa shape index (κ3) is 4.47. The topological polar surface area (TPSA) is 70.9 Å². The van der Waals surface area contributed by atoms with Crippen molar-refractivity contribution in [2.45, 2.75) is 6.61 Å². The number of nitrogens with zero attached hydrogens (tertiary/aromatic N) is 1. The van der Waals surface area contributed by atoms with Gasteiger partial charge in [-0.2, -0.15) is 5.10 Å². The molecule has 0 spiro atoms. The second-order valence-electron chi connectivity index (χ2n) is 6.71. The van der Waals surface area contributed by atoms with Crippen molar-refractivity contribution in [3.63, 3.8) is 0 Å². The van der Waals surface area contributed by atoms with Crippen molar-refractivity contribution >= 4 is 22.9 Å². The van der Waals surface area contributed by atoms with E-state index in [0.717, 1.165) is 16.9 Å². The van der Waals surface area contributed by atoms with Gasteiger partial charge in [-0.15, -0.1) is 0 Å². The van der Waals surface area contributed by atoms with E-state index in [0.29, 0.717) is 6.61 Å². The number of phenolic OH excluding ortho intramolecular Hbond substituents is 1. The number of nitrogens with one attached hydrogen (secondary N) is 1. The molecule has 0 unspecified atom stereocenters. The molecule has 0 fully saturated rings. The van der Waals surface area contributed by atoms with Crippen molar-refractivity contribution in [2.75, 3.05) is 0 Å². The molecule has 1 amide bonds. The molecule has 0 aromatic heterocycles. The van der Waals surface area contributed by atoms with Gasteiger partial charge in [-0.3, -0.25) is 4.79 Å². The number of benzene rings is 4. The minimum atomic E-state index is -0.473. The number of carbonyl (C=O) groups excluding carboxylic acids is 1. The Labute approximate surface area is 174 Å². The highest BCUT2D eigenvalue weighted by atomic mass is 16.5. The predicted octanol–water partition coefficient (Wildman–Crippen LogP) is 4.89. The van der Waals surface area contributed by atoms with Crippen LogP contribution < -0.4 is 10.2 Å². The van der Waals surface area contributed by atoms with Crippen LogP contribution >= 0.6 is 0 Å². The Morgan fingerprint density at radius 1 is 0.900 bits per heavy atom. The molecule has 148 valence electrons. The molecule has 5 nitrogen and oxygen atoms in total. The zero-order valence-corrected chi connectivity index (χ0v) is 16.2. The van der Waals surface area contributed by atoms with Gasteiger partial charge in [0.05, 0.1) is 11.8 Å². The van der Waals surface area contributed by atoms with Gasteiger partial charge >= 0.3 is 0 Å². The Bertz CT molecular complexity index is 1200. The van der Waals surface area contributed by atoms with Crippen LogP contribution in [0.4, 0.5) is 0 Å². The standard InChI is InChI=1S/C25H20N2O3/c28-24-11-4-3-10-23(24)25(29)27-26-16-18-12-14-21(15-13-18)30-17-20-8-5-7-19-6-1-2-9-22(19)20/h1-16,28H,17H2,(H,27,29). The molecule has 0 atom stereocenters. The molecular formula is C25H20N2O3. The second kappa shape index (κ2) is 8.92. The number of hydrogen-bond donors (Lipinski definition) is 2. The largest absolute Gasteiger partial charge is 0.507 e. The van der Waals surface area contributed by atoms with Crippen molar-refractivity contribution in [3.8, 4) is 11.5 Å². The molecule has 5 heteroatoms. The lowest BCUT2D eigenvalue weighted by molar-refractivity contribution is 0.0952. The fourth-order valence-electron chi connectivity index (χ4n) is 3.12. The van der Waals surface area contributed by atoms with Gasteiger partial charge in [0.2, 0.25) is 0 Å². The summed E-state index contributed by atoms with van der Waals surface area (Å²) in [6.07, 6.45) is 1.53. The molecule has 4 aromatic rings. The molecule has 0 aliphatic heterocycles. The van der Waals surface area contributed by atoms with Gasteiger partial charge in [0.1, 0.15) is 18.1 Å². The molecule has 0 heterocycles. The maximum Gasteiger partial charge on any atom is 0.275 e. The summed E-state index contributed by atoms with van der Waals surface area (Å²) in [5.74, 6) is 0.190. The summed E-state index contributed by atoms with van der Waals surface area (Å²) in [6.45, 7) is 0.478. The summed E-state index contributed by atoms with van der Waals surface area (Å²) in [4.78, 5) is 12.0. The van der Waals surface area contributed by atoms with Gasteiger partial charge in [-0.25, -0.2) is 5.43 Å². The van der Waals surface area contributed by atoms with E-state index in [1.807, 2.05) is 42.5 Å². The van der Waals surface area contributed by atoms with Crippen LogP contribution in [0.25, 0.3) is 10.8 Å². The van der Waals surface area contributed by atoms with Crippen LogP contribution in [0.5, 0.6) is 11.5 Å². The van der Waals surface area contributed by atoms with E-state index in [2.05, 4.69) is 34.8 Å². The summed E-state index contributed by atoms with van der Waals surface area (Å²) in [5.41, 5.74) is 4.52. The van der Waals surface area contributed by atoms with Crippen LogP contribution in [-0.2, 0) is 6.61 Å². The van der Waals surface area contributed by atoms with Crippen LogP contribution in [0.15, 0.2) is 96.1 Å². The zero-order valence-electron chi connectivity index (χ0n) is 16.2. The zero-order chi connectivity index (χ0) is 20.8. The normalized spacial score (nSPS) is 10.9. The van der Waals surface area contributed by atoms with Crippen LogP contribution in [-0.4, -0.2) is 17.2 Å². The number of phenols is 1. The van der Waals surface area contributed by atoms with E-state index < -0.39 is 5.91 Å². The Morgan fingerprint density at radius 3 is 2.47 bits per heavy atom. The van der Waals surface area contributed by atoms with Crippen molar-refractivity contribution in [2.24, 2.45) is 5.10 Å². The molecule has 0 saturated heterocycles. The first-order valence-electron chi connectivity index (χ1n) is 9.51. The highest BCUT2D eigenvalue weighted by molar-refractivity contribution is 5.97. The van der Waals surface area contributed by atoms with E-state index in [9.17, 15) is 9.90 Å². The maximum atomic E-state index is 12.0. The molecule has 4 aromatic carbocycles. The lowest BCUT2D eigenvalue weighted by atomic mass is 10.1. The van der Waals surface area contributed by atoms with Gasteiger partial charge in [-0.05, 0) is 58.3 Å². The monoisotopic (exact) mass is 396 g/mol. The second-order valence-corrected chi connectivity index (χ2v) is 6.71. The molecule has 0 bridgehead atoms. The van der Waals surface area contributed by atoms with E-state index in [1.165, 1.54) is 29.1 Å². The number of fused-ring (bicyclic) bond motifs is 1. The quantitative estimate of drug-likeness (QED) is 0.360. The number of amides is 1. The Balaban J connectivity index is 1.35. The highest BCUT2D eigenvalue weighted by Gasteiger charge is 2.08. The SMILES string of the molecule is O=C(NN=Cc1ccc(OCc2cccc3ccccc23)cc1)c1ccccc1O.